The van der Waals surface area contributed by atoms with Gasteiger partial charge in [0.05, 0.1) is 0 Å². The van der Waals surface area contributed by atoms with Crippen LogP contribution in [0.1, 0.15) is 48.5 Å². The molecule has 0 unspecified atom stereocenters. The number of carbonyl (C=O) groups excluding carboxylic acids is 2. The van der Waals surface area contributed by atoms with E-state index in [0.29, 0.717) is 4.90 Å². The molecule has 0 aromatic carbocycles. The Morgan fingerprint density at radius 1 is 1.25 bits per heavy atom. The average molecular weight is 365 g/mol. The normalized spacial score (nSPS) is 25.0. The molecule has 0 aliphatic carbocycles. The van der Waals surface area contributed by atoms with Crippen molar-refractivity contribution in [3.8, 4) is 0 Å². The van der Waals surface area contributed by atoms with E-state index in [1.165, 1.54) is 6.92 Å². The van der Waals surface area contributed by atoms with Crippen LogP contribution in [0.4, 0.5) is 13.6 Å². The second-order valence-electron chi connectivity index (χ2n) is 7.39. The van der Waals surface area contributed by atoms with Gasteiger partial charge in [0.2, 0.25) is 0 Å². The predicted octanol–water partition coefficient (Wildman–Crippen LogP) is 4.18. The molecule has 1 rings (SSSR count). The van der Waals surface area contributed by atoms with Gasteiger partial charge in [0.25, 0.3) is 12.3 Å². The third-order valence-corrected chi connectivity index (χ3v) is 9.40. The van der Waals surface area contributed by atoms with Gasteiger partial charge >= 0.3 is 6.09 Å². The summed E-state index contributed by atoms with van der Waals surface area (Å²) in [5.74, 6) is -0.741. The highest BCUT2D eigenvalue weighted by atomic mass is 28.4. The van der Waals surface area contributed by atoms with E-state index in [1.54, 1.807) is 20.8 Å². The van der Waals surface area contributed by atoms with Crippen molar-refractivity contribution < 1.29 is 27.5 Å². The van der Waals surface area contributed by atoms with Crippen molar-refractivity contribution in [2.45, 2.75) is 90.3 Å². The van der Waals surface area contributed by atoms with Gasteiger partial charge in [0.1, 0.15) is 11.6 Å². The first-order chi connectivity index (χ1) is 10.9. The summed E-state index contributed by atoms with van der Waals surface area (Å²) in [6.45, 7) is 12.1. The molecule has 0 aromatic heterocycles. The number of hydrogen-bond donors (Lipinski definition) is 0. The minimum absolute atomic E-state index is 0.510. The van der Waals surface area contributed by atoms with Gasteiger partial charge in [0, 0.05) is 0 Å². The van der Waals surface area contributed by atoms with E-state index in [2.05, 4.69) is 0 Å². The minimum atomic E-state index is -2.89. The second-order valence-corrected chi connectivity index (χ2v) is 12.1. The zero-order valence-corrected chi connectivity index (χ0v) is 16.6. The lowest BCUT2D eigenvalue weighted by Crippen LogP contribution is -2.79. The van der Waals surface area contributed by atoms with Gasteiger partial charge in [-0.2, -0.15) is 0 Å². The molecular weight excluding hydrogens is 336 g/mol. The lowest BCUT2D eigenvalue weighted by molar-refractivity contribution is -0.195. The first-order valence-electron chi connectivity index (χ1n) is 8.42. The lowest BCUT2D eigenvalue weighted by atomic mass is 9.84. The summed E-state index contributed by atoms with van der Waals surface area (Å²) in [4.78, 5) is 25.2. The molecule has 0 N–H and O–H groups in total. The number of carbonyl (C=O) groups is 2. The van der Waals surface area contributed by atoms with Crippen molar-refractivity contribution in [1.82, 2.24) is 4.90 Å². The van der Waals surface area contributed by atoms with Crippen LogP contribution >= 0.6 is 0 Å². The number of rotatable bonds is 6. The van der Waals surface area contributed by atoms with Crippen LogP contribution < -0.4 is 0 Å². The highest BCUT2D eigenvalue weighted by molar-refractivity contribution is 6.73. The molecule has 1 fully saturated rings. The summed E-state index contributed by atoms with van der Waals surface area (Å²) >= 11 is 0. The molecular formula is C16H29F2NO4Si. The van der Waals surface area contributed by atoms with Crippen molar-refractivity contribution in [1.29, 1.82) is 0 Å². The number of ether oxygens (including phenoxy) is 1. The van der Waals surface area contributed by atoms with Crippen LogP contribution in [0.3, 0.4) is 0 Å². The van der Waals surface area contributed by atoms with Crippen LogP contribution in [0.5, 0.6) is 0 Å². The van der Waals surface area contributed by atoms with E-state index < -0.39 is 44.0 Å². The van der Waals surface area contributed by atoms with Crippen LogP contribution in [0, 0.1) is 0 Å². The summed E-state index contributed by atoms with van der Waals surface area (Å²) in [7, 11) is -2.30. The number of hydrogen-bond acceptors (Lipinski definition) is 4. The first-order valence-corrected chi connectivity index (χ1v) is 11.0. The third-order valence-electron chi connectivity index (χ3n) is 4.68. The van der Waals surface area contributed by atoms with Crippen LogP contribution in [0.15, 0.2) is 0 Å². The molecule has 1 heterocycles. The summed E-state index contributed by atoms with van der Waals surface area (Å²) in [6, 6.07) is 0.568. The predicted molar refractivity (Wildman–Crippen MR) is 89.6 cm³/mol. The molecule has 0 spiro atoms. The van der Waals surface area contributed by atoms with Crippen molar-refractivity contribution in [2.24, 2.45) is 0 Å². The maximum Gasteiger partial charge on any atom is 0.417 e. The number of imide groups is 1. The highest BCUT2D eigenvalue weighted by Gasteiger charge is 2.67. The Labute approximate surface area is 143 Å². The van der Waals surface area contributed by atoms with Gasteiger partial charge in [-0.25, -0.2) is 18.5 Å². The van der Waals surface area contributed by atoms with Gasteiger partial charge in [-0.05, 0) is 45.8 Å². The van der Waals surface area contributed by atoms with Crippen LogP contribution in [-0.4, -0.2) is 48.9 Å². The standard InChI is InChI=1S/C16H29F2NO4Si/c1-8-24(9-2,10-3)23-16(7)11(12(17)18)19(13(16)20)14(21)22-15(4,5)6/h11-12H,8-10H2,1-7H3/t11-,16+/m0/s1. The van der Waals surface area contributed by atoms with E-state index >= 15 is 0 Å². The van der Waals surface area contributed by atoms with Gasteiger partial charge in [-0.3, -0.25) is 4.79 Å². The van der Waals surface area contributed by atoms with Crippen molar-refractivity contribution in [3.63, 3.8) is 0 Å². The lowest BCUT2D eigenvalue weighted by Gasteiger charge is -2.54. The zero-order valence-electron chi connectivity index (χ0n) is 15.6. The maximum atomic E-state index is 13.6. The smallest absolute Gasteiger partial charge is 0.417 e. The average Bonchev–Trinajstić information content (AvgIpc) is 2.47. The molecule has 8 heteroatoms. The Hall–Kier alpha value is -1.02. The minimum Gasteiger partial charge on any atom is -0.443 e. The van der Waals surface area contributed by atoms with E-state index in [9.17, 15) is 18.4 Å². The Kier molecular flexibility index (Phi) is 6.19. The van der Waals surface area contributed by atoms with Gasteiger partial charge in [-0.1, -0.05) is 20.8 Å². The molecule has 2 amide bonds. The molecule has 0 aromatic rings. The third kappa shape index (κ3) is 3.79. The van der Waals surface area contributed by atoms with Crippen LogP contribution in [0.25, 0.3) is 0 Å². The SMILES string of the molecule is CC[Si](CC)(CC)O[C@@]1(C)C(=O)N(C(=O)OC(C)(C)C)[C@H]1C(F)F. The van der Waals surface area contributed by atoms with E-state index in [0.717, 1.165) is 18.1 Å². The van der Waals surface area contributed by atoms with E-state index in [4.69, 9.17) is 9.16 Å². The Bertz CT molecular complexity index is 483. The van der Waals surface area contributed by atoms with E-state index in [-0.39, 0.29) is 0 Å². The largest absolute Gasteiger partial charge is 0.443 e. The number of nitrogens with zero attached hydrogens (tertiary/aromatic N) is 1. The quantitative estimate of drug-likeness (QED) is 0.523. The number of β-lactam (4-membered cyclic amide) rings is 1. The van der Waals surface area contributed by atoms with Gasteiger partial charge in [0.15, 0.2) is 13.9 Å². The second kappa shape index (κ2) is 7.07. The first kappa shape index (κ1) is 21.0. The fourth-order valence-electron chi connectivity index (χ4n) is 3.05. The summed E-state index contributed by atoms with van der Waals surface area (Å²) in [6.07, 6.45) is -3.94. The van der Waals surface area contributed by atoms with Gasteiger partial charge in [-0.15, -0.1) is 0 Å². The topological polar surface area (TPSA) is 55.8 Å². The molecule has 1 aliphatic heterocycles. The molecule has 2 atom stereocenters. The maximum absolute atomic E-state index is 13.6. The summed E-state index contributed by atoms with van der Waals surface area (Å²) < 4.78 is 38.4. The fourth-order valence-corrected chi connectivity index (χ4v) is 6.09. The molecule has 24 heavy (non-hydrogen) atoms. The Balaban J connectivity index is 3.10. The number of amides is 2. The molecule has 1 aliphatic rings. The van der Waals surface area contributed by atoms with E-state index in [1.807, 2.05) is 20.8 Å². The zero-order chi connectivity index (χ0) is 18.9. The Morgan fingerprint density at radius 3 is 2.04 bits per heavy atom. The van der Waals surface area contributed by atoms with Gasteiger partial charge < -0.3 is 9.16 Å². The molecule has 5 nitrogen and oxygen atoms in total. The van der Waals surface area contributed by atoms with Crippen molar-refractivity contribution in [3.05, 3.63) is 0 Å². The highest BCUT2D eigenvalue weighted by Crippen LogP contribution is 2.42. The molecule has 1 saturated heterocycles. The molecule has 0 bridgehead atoms. The fraction of sp³-hybridized carbons (Fsp3) is 0.875. The van der Waals surface area contributed by atoms with Crippen molar-refractivity contribution in [2.75, 3.05) is 0 Å². The Morgan fingerprint density at radius 2 is 1.71 bits per heavy atom. The van der Waals surface area contributed by atoms with Crippen molar-refractivity contribution >= 4 is 20.3 Å². The number of halogens is 2. The molecule has 0 saturated carbocycles. The molecule has 0 radical (unpaired) electrons. The summed E-state index contributed by atoms with van der Waals surface area (Å²) in [5, 5.41) is 0. The molecule has 140 valence electrons. The summed E-state index contributed by atoms with van der Waals surface area (Å²) in [5.41, 5.74) is -2.54. The van der Waals surface area contributed by atoms with Crippen LogP contribution in [0.2, 0.25) is 18.1 Å². The number of likely N-dealkylation sites (tertiary alicyclic amines) is 1. The number of alkyl halides is 2. The van der Waals surface area contributed by atoms with Crippen LogP contribution in [-0.2, 0) is 14.0 Å². The monoisotopic (exact) mass is 365 g/mol.